The van der Waals surface area contributed by atoms with E-state index in [2.05, 4.69) is 10.6 Å². The Labute approximate surface area is 213 Å². The SMILES string of the molecule is Cc1ccc(C)c(C(C(=O)NC(C)(C)C)N(CCO)C(=O)C(CCC(N)=O)NC(=O)OC(C)(C)C)c1. The van der Waals surface area contributed by atoms with Crippen LogP contribution in [0.5, 0.6) is 0 Å². The number of aryl methyl sites for hydroxylation is 2. The van der Waals surface area contributed by atoms with E-state index in [9.17, 15) is 24.3 Å². The van der Waals surface area contributed by atoms with Crippen molar-refractivity contribution >= 4 is 23.8 Å². The lowest BCUT2D eigenvalue weighted by atomic mass is 9.95. The fourth-order valence-electron chi connectivity index (χ4n) is 3.61. The Balaban J connectivity index is 3.55. The first kappa shape index (κ1) is 30.9. The van der Waals surface area contributed by atoms with Crippen molar-refractivity contribution in [1.29, 1.82) is 0 Å². The average Bonchev–Trinajstić information content (AvgIpc) is 2.69. The van der Waals surface area contributed by atoms with Gasteiger partial charge in [0.05, 0.1) is 6.61 Å². The van der Waals surface area contributed by atoms with Crippen molar-refractivity contribution in [2.24, 2.45) is 5.73 Å². The van der Waals surface area contributed by atoms with E-state index in [4.69, 9.17) is 10.5 Å². The highest BCUT2D eigenvalue weighted by Gasteiger charge is 2.37. The van der Waals surface area contributed by atoms with E-state index in [-0.39, 0.29) is 19.4 Å². The summed E-state index contributed by atoms with van der Waals surface area (Å²) in [4.78, 5) is 52.6. The fourth-order valence-corrected chi connectivity index (χ4v) is 3.61. The lowest BCUT2D eigenvalue weighted by Crippen LogP contribution is -2.55. The van der Waals surface area contributed by atoms with Crippen molar-refractivity contribution in [2.45, 2.75) is 91.5 Å². The number of hydrogen-bond acceptors (Lipinski definition) is 6. The first-order valence-corrected chi connectivity index (χ1v) is 12.0. The lowest BCUT2D eigenvalue weighted by molar-refractivity contribution is -0.144. The molecular formula is C26H42N4O6. The highest BCUT2D eigenvalue weighted by atomic mass is 16.6. The monoisotopic (exact) mass is 506 g/mol. The lowest BCUT2D eigenvalue weighted by Gasteiger charge is -2.36. The van der Waals surface area contributed by atoms with Crippen LogP contribution in [0.4, 0.5) is 4.79 Å². The van der Waals surface area contributed by atoms with Crippen LogP contribution in [0.3, 0.4) is 0 Å². The summed E-state index contributed by atoms with van der Waals surface area (Å²) in [6.45, 7) is 13.6. The Morgan fingerprint density at radius 3 is 2.19 bits per heavy atom. The van der Waals surface area contributed by atoms with Crippen LogP contribution in [0.25, 0.3) is 0 Å². The summed E-state index contributed by atoms with van der Waals surface area (Å²) in [5.74, 6) is -1.74. The smallest absolute Gasteiger partial charge is 0.408 e. The molecule has 4 amide bonds. The molecule has 0 aliphatic heterocycles. The number of benzene rings is 1. The molecule has 0 aromatic heterocycles. The minimum atomic E-state index is -1.21. The van der Waals surface area contributed by atoms with E-state index in [1.165, 1.54) is 4.90 Å². The van der Waals surface area contributed by atoms with Crippen LogP contribution in [0.2, 0.25) is 0 Å². The van der Waals surface area contributed by atoms with Crippen LogP contribution in [-0.4, -0.2) is 64.2 Å². The van der Waals surface area contributed by atoms with Gasteiger partial charge in [-0.2, -0.15) is 0 Å². The highest BCUT2D eigenvalue weighted by molar-refractivity contribution is 5.93. The highest BCUT2D eigenvalue weighted by Crippen LogP contribution is 2.27. The van der Waals surface area contributed by atoms with Gasteiger partial charge in [0.25, 0.3) is 0 Å². The summed E-state index contributed by atoms with van der Waals surface area (Å²) in [6.07, 6.45) is -1.13. The molecule has 1 aromatic rings. The second kappa shape index (κ2) is 12.7. The zero-order chi connectivity index (χ0) is 27.8. The van der Waals surface area contributed by atoms with E-state index < -0.39 is 53.6 Å². The molecule has 10 nitrogen and oxygen atoms in total. The van der Waals surface area contributed by atoms with E-state index in [0.717, 1.165) is 11.1 Å². The van der Waals surface area contributed by atoms with Gasteiger partial charge in [-0.25, -0.2) is 4.79 Å². The summed E-state index contributed by atoms with van der Waals surface area (Å²) < 4.78 is 5.29. The largest absolute Gasteiger partial charge is 0.444 e. The number of ether oxygens (including phenoxy) is 1. The number of carbonyl (C=O) groups excluding carboxylic acids is 4. The maximum atomic E-state index is 13.8. The van der Waals surface area contributed by atoms with E-state index in [0.29, 0.717) is 5.56 Å². The number of aliphatic hydroxyl groups is 1. The standard InChI is InChI=1S/C26H42N4O6/c1-16-9-10-17(2)18(15-16)21(22(33)29-25(3,4)5)30(13-14-31)23(34)19(11-12-20(27)32)28-24(35)36-26(6,7)8/h9-10,15,19,21,31H,11-14H2,1-8H3,(H2,27,32)(H,28,35)(H,29,33). The Hall–Kier alpha value is -3.14. The van der Waals surface area contributed by atoms with Gasteiger partial charge in [-0.05, 0) is 72.9 Å². The second-order valence-corrected chi connectivity index (χ2v) is 11.0. The first-order valence-electron chi connectivity index (χ1n) is 12.0. The van der Waals surface area contributed by atoms with Crippen LogP contribution < -0.4 is 16.4 Å². The Morgan fingerprint density at radius 1 is 1.08 bits per heavy atom. The molecule has 1 rings (SSSR count). The topological polar surface area (TPSA) is 151 Å². The quantitative estimate of drug-likeness (QED) is 0.382. The Kier molecular flexibility index (Phi) is 10.9. The van der Waals surface area contributed by atoms with Crippen LogP contribution in [-0.2, 0) is 19.1 Å². The second-order valence-electron chi connectivity index (χ2n) is 11.0. The summed E-state index contributed by atoms with van der Waals surface area (Å²) >= 11 is 0. The van der Waals surface area contributed by atoms with E-state index in [1.807, 2.05) is 52.8 Å². The van der Waals surface area contributed by atoms with Crippen LogP contribution >= 0.6 is 0 Å². The summed E-state index contributed by atoms with van der Waals surface area (Å²) in [6, 6.07) is 3.26. The molecule has 0 saturated heterocycles. The number of hydrogen-bond donors (Lipinski definition) is 4. The predicted octanol–water partition coefficient (Wildman–Crippen LogP) is 2.24. The zero-order valence-corrected chi connectivity index (χ0v) is 22.7. The molecular weight excluding hydrogens is 464 g/mol. The minimum Gasteiger partial charge on any atom is -0.444 e. The van der Waals surface area contributed by atoms with Gasteiger partial charge in [-0.15, -0.1) is 0 Å². The molecule has 36 heavy (non-hydrogen) atoms. The molecule has 1 aromatic carbocycles. The number of nitrogens with two attached hydrogens (primary N) is 1. The van der Waals surface area contributed by atoms with Gasteiger partial charge < -0.3 is 31.1 Å². The number of primary amides is 1. The summed E-state index contributed by atoms with van der Waals surface area (Å²) in [5, 5.41) is 15.3. The van der Waals surface area contributed by atoms with Crippen molar-refractivity contribution in [3.05, 3.63) is 34.9 Å². The van der Waals surface area contributed by atoms with Crippen LogP contribution in [0.1, 0.15) is 77.1 Å². The van der Waals surface area contributed by atoms with Crippen LogP contribution in [0, 0.1) is 13.8 Å². The Bertz CT molecular complexity index is 949. The van der Waals surface area contributed by atoms with Gasteiger partial charge in [-0.1, -0.05) is 23.8 Å². The van der Waals surface area contributed by atoms with Crippen LogP contribution in [0.15, 0.2) is 18.2 Å². The van der Waals surface area contributed by atoms with E-state index >= 15 is 0 Å². The first-order chi connectivity index (χ1) is 16.4. The number of rotatable bonds is 10. The van der Waals surface area contributed by atoms with Crippen molar-refractivity contribution in [3.63, 3.8) is 0 Å². The molecule has 0 heterocycles. The molecule has 0 aliphatic rings. The van der Waals surface area contributed by atoms with Gasteiger partial charge in [0.15, 0.2) is 0 Å². The third kappa shape index (κ3) is 10.2. The molecule has 202 valence electrons. The number of alkyl carbamates (subject to hydrolysis) is 1. The maximum absolute atomic E-state index is 13.8. The number of amides is 4. The summed E-state index contributed by atoms with van der Waals surface area (Å²) in [7, 11) is 0. The van der Waals surface area contributed by atoms with Gasteiger partial charge in [-0.3, -0.25) is 14.4 Å². The maximum Gasteiger partial charge on any atom is 0.408 e. The van der Waals surface area contributed by atoms with Crippen molar-refractivity contribution in [1.82, 2.24) is 15.5 Å². The van der Waals surface area contributed by atoms with Gasteiger partial charge in [0, 0.05) is 18.5 Å². The molecule has 0 spiro atoms. The molecule has 0 saturated carbocycles. The average molecular weight is 507 g/mol. The normalized spacial score (nSPS) is 13.4. The third-order valence-corrected chi connectivity index (χ3v) is 5.08. The van der Waals surface area contributed by atoms with Crippen molar-refractivity contribution in [2.75, 3.05) is 13.2 Å². The predicted molar refractivity (Wildman–Crippen MR) is 137 cm³/mol. The number of carbonyl (C=O) groups is 4. The van der Waals surface area contributed by atoms with Gasteiger partial charge in [0.1, 0.15) is 17.7 Å². The molecule has 0 radical (unpaired) electrons. The van der Waals surface area contributed by atoms with Gasteiger partial charge >= 0.3 is 6.09 Å². The molecule has 2 atom stereocenters. The molecule has 0 fully saturated rings. The van der Waals surface area contributed by atoms with E-state index in [1.54, 1.807) is 20.8 Å². The van der Waals surface area contributed by atoms with Gasteiger partial charge in [0.2, 0.25) is 17.7 Å². The third-order valence-electron chi connectivity index (χ3n) is 5.08. The number of nitrogens with zero attached hydrogens (tertiary/aromatic N) is 1. The number of aliphatic hydroxyl groups excluding tert-OH is 1. The molecule has 0 bridgehead atoms. The Morgan fingerprint density at radius 2 is 1.69 bits per heavy atom. The molecule has 2 unspecified atom stereocenters. The van der Waals surface area contributed by atoms with Crippen molar-refractivity contribution in [3.8, 4) is 0 Å². The number of nitrogens with one attached hydrogen (secondary N) is 2. The molecule has 5 N–H and O–H groups in total. The molecule has 0 aliphatic carbocycles. The van der Waals surface area contributed by atoms with Crippen molar-refractivity contribution < 1.29 is 29.0 Å². The fraction of sp³-hybridized carbons (Fsp3) is 0.615. The minimum absolute atomic E-state index is 0.101. The molecule has 10 heteroatoms. The summed E-state index contributed by atoms with van der Waals surface area (Å²) in [5.41, 5.74) is 6.14. The zero-order valence-electron chi connectivity index (χ0n) is 22.7.